The number of hydrazine groups is 1. The Morgan fingerprint density at radius 1 is 1.33 bits per heavy atom. The van der Waals surface area contributed by atoms with Gasteiger partial charge >= 0.3 is 0 Å². The van der Waals surface area contributed by atoms with E-state index < -0.39 is 0 Å². The van der Waals surface area contributed by atoms with Crippen molar-refractivity contribution in [1.29, 1.82) is 0 Å². The molecule has 5 N–H and O–H groups in total. The Balaban J connectivity index is 2.48. The van der Waals surface area contributed by atoms with E-state index in [0.29, 0.717) is 10.8 Å². The second-order valence-electron chi connectivity index (χ2n) is 4.14. The lowest BCUT2D eigenvalue weighted by atomic mass is 9.99. The zero-order valence-electron chi connectivity index (χ0n) is 10.0. The van der Waals surface area contributed by atoms with Crippen molar-refractivity contribution in [2.24, 2.45) is 5.84 Å². The lowest BCUT2D eigenvalue weighted by Gasteiger charge is -2.18. The van der Waals surface area contributed by atoms with Crippen LogP contribution in [0.25, 0.3) is 0 Å². The number of benzene rings is 1. The van der Waals surface area contributed by atoms with Crippen molar-refractivity contribution in [3.8, 4) is 0 Å². The Labute approximate surface area is 111 Å². The summed E-state index contributed by atoms with van der Waals surface area (Å²) in [6.45, 7) is 1.96. The fraction of sp³-hybridized carbons (Fsp3) is 0.154. The summed E-state index contributed by atoms with van der Waals surface area (Å²) in [7, 11) is 0. The molecule has 0 aliphatic rings. The number of halogens is 1. The Morgan fingerprint density at radius 2 is 2.11 bits per heavy atom. The summed E-state index contributed by atoms with van der Waals surface area (Å²) in [6, 6.07) is 9.23. The number of pyridine rings is 1. The van der Waals surface area contributed by atoms with E-state index >= 15 is 0 Å². The van der Waals surface area contributed by atoms with Gasteiger partial charge in [0, 0.05) is 16.8 Å². The van der Waals surface area contributed by atoms with Gasteiger partial charge in [0.1, 0.15) is 5.82 Å². The largest absolute Gasteiger partial charge is 0.383 e. The summed E-state index contributed by atoms with van der Waals surface area (Å²) in [5, 5.41) is 0.659. The SMILES string of the molecule is Cc1cnc(N)c(C(NN)c2cccc(Cl)c2)c1. The fourth-order valence-corrected chi connectivity index (χ4v) is 2.08. The van der Waals surface area contributed by atoms with Crippen molar-refractivity contribution in [2.45, 2.75) is 13.0 Å². The maximum absolute atomic E-state index is 5.99. The zero-order valence-corrected chi connectivity index (χ0v) is 10.8. The Bertz CT molecular complexity index is 556. The molecule has 1 aromatic carbocycles. The van der Waals surface area contributed by atoms with E-state index in [2.05, 4.69) is 10.4 Å². The zero-order chi connectivity index (χ0) is 13.1. The molecule has 1 aromatic heterocycles. The number of nitrogens with two attached hydrogens (primary N) is 2. The molecule has 2 aromatic rings. The third kappa shape index (κ3) is 2.61. The smallest absolute Gasteiger partial charge is 0.128 e. The maximum Gasteiger partial charge on any atom is 0.128 e. The molecule has 4 nitrogen and oxygen atoms in total. The van der Waals surface area contributed by atoms with Gasteiger partial charge < -0.3 is 5.73 Å². The molecule has 0 radical (unpaired) electrons. The molecule has 1 unspecified atom stereocenters. The van der Waals surface area contributed by atoms with Gasteiger partial charge in [0.25, 0.3) is 0 Å². The molecule has 18 heavy (non-hydrogen) atoms. The molecule has 1 atom stereocenters. The van der Waals surface area contributed by atoms with Gasteiger partial charge in [0.15, 0.2) is 0 Å². The van der Waals surface area contributed by atoms with Crippen molar-refractivity contribution in [3.63, 3.8) is 0 Å². The van der Waals surface area contributed by atoms with Crippen LogP contribution >= 0.6 is 11.6 Å². The highest BCUT2D eigenvalue weighted by atomic mass is 35.5. The molecule has 0 fully saturated rings. The highest BCUT2D eigenvalue weighted by Gasteiger charge is 2.16. The molecule has 0 amide bonds. The van der Waals surface area contributed by atoms with Crippen molar-refractivity contribution >= 4 is 17.4 Å². The second kappa shape index (κ2) is 5.35. The maximum atomic E-state index is 5.99. The van der Waals surface area contributed by atoms with Gasteiger partial charge in [-0.1, -0.05) is 23.7 Å². The van der Waals surface area contributed by atoms with E-state index in [0.717, 1.165) is 16.7 Å². The van der Waals surface area contributed by atoms with Gasteiger partial charge in [-0.2, -0.15) is 0 Å². The van der Waals surface area contributed by atoms with Crippen molar-refractivity contribution in [1.82, 2.24) is 10.4 Å². The molecule has 2 rings (SSSR count). The van der Waals surface area contributed by atoms with E-state index in [4.69, 9.17) is 23.2 Å². The van der Waals surface area contributed by atoms with Gasteiger partial charge in [-0.3, -0.25) is 5.84 Å². The molecule has 0 aliphatic carbocycles. The van der Waals surface area contributed by atoms with Gasteiger partial charge in [-0.25, -0.2) is 10.4 Å². The van der Waals surface area contributed by atoms with E-state index in [9.17, 15) is 0 Å². The molecular weight excluding hydrogens is 248 g/mol. The van der Waals surface area contributed by atoms with E-state index in [1.165, 1.54) is 0 Å². The van der Waals surface area contributed by atoms with Crippen molar-refractivity contribution in [3.05, 3.63) is 58.2 Å². The third-order valence-electron chi connectivity index (χ3n) is 2.75. The molecule has 0 spiro atoms. The van der Waals surface area contributed by atoms with E-state index in [1.54, 1.807) is 6.20 Å². The summed E-state index contributed by atoms with van der Waals surface area (Å²) in [5.41, 5.74) is 11.5. The quantitative estimate of drug-likeness (QED) is 0.585. The number of rotatable bonds is 3. The molecule has 0 aliphatic heterocycles. The van der Waals surface area contributed by atoms with Crippen molar-refractivity contribution < 1.29 is 0 Å². The Morgan fingerprint density at radius 3 is 2.78 bits per heavy atom. The number of hydrogen-bond acceptors (Lipinski definition) is 4. The van der Waals surface area contributed by atoms with Crippen LogP contribution in [-0.2, 0) is 0 Å². The van der Waals surface area contributed by atoms with Crippen LogP contribution in [0, 0.1) is 6.92 Å². The van der Waals surface area contributed by atoms with E-state index in [-0.39, 0.29) is 6.04 Å². The number of nitrogens with zero attached hydrogens (tertiary/aromatic N) is 1. The van der Waals surface area contributed by atoms with Crippen LogP contribution in [0.1, 0.15) is 22.7 Å². The Kier molecular flexibility index (Phi) is 3.81. The highest BCUT2D eigenvalue weighted by molar-refractivity contribution is 6.30. The monoisotopic (exact) mass is 262 g/mol. The summed E-state index contributed by atoms with van der Waals surface area (Å²) >= 11 is 5.99. The number of nitrogens with one attached hydrogen (secondary N) is 1. The average molecular weight is 263 g/mol. The molecule has 0 bridgehead atoms. The van der Waals surface area contributed by atoms with Gasteiger partial charge in [0.05, 0.1) is 6.04 Å². The predicted molar refractivity (Wildman–Crippen MR) is 74.0 cm³/mol. The van der Waals surface area contributed by atoms with Crippen LogP contribution in [0.4, 0.5) is 5.82 Å². The number of hydrogen-bond donors (Lipinski definition) is 3. The summed E-state index contributed by atoms with van der Waals surface area (Å²) in [5.74, 6) is 6.09. The molecule has 0 saturated carbocycles. The lowest BCUT2D eigenvalue weighted by Crippen LogP contribution is -2.29. The number of aromatic nitrogens is 1. The first-order chi connectivity index (χ1) is 8.61. The molecule has 94 valence electrons. The minimum absolute atomic E-state index is 0.226. The number of anilines is 1. The first-order valence-electron chi connectivity index (χ1n) is 5.55. The highest BCUT2D eigenvalue weighted by Crippen LogP contribution is 2.27. The van der Waals surface area contributed by atoms with Crippen LogP contribution in [0.3, 0.4) is 0 Å². The lowest BCUT2D eigenvalue weighted by molar-refractivity contribution is 0.636. The van der Waals surface area contributed by atoms with Gasteiger partial charge in [-0.15, -0.1) is 0 Å². The fourth-order valence-electron chi connectivity index (χ4n) is 1.89. The third-order valence-corrected chi connectivity index (χ3v) is 2.98. The van der Waals surface area contributed by atoms with Crippen LogP contribution in [-0.4, -0.2) is 4.98 Å². The van der Waals surface area contributed by atoms with Crippen LogP contribution in [0.2, 0.25) is 5.02 Å². The Hall–Kier alpha value is -1.62. The van der Waals surface area contributed by atoms with Gasteiger partial charge in [-0.05, 0) is 36.2 Å². The first-order valence-corrected chi connectivity index (χ1v) is 5.93. The normalized spacial score (nSPS) is 12.4. The van der Waals surface area contributed by atoms with Crippen LogP contribution in [0.15, 0.2) is 36.5 Å². The standard InChI is InChI=1S/C13H15ClN4/c1-8-5-11(13(15)17-7-8)12(18-16)9-3-2-4-10(14)6-9/h2-7,12,18H,16H2,1H3,(H2,15,17). The van der Waals surface area contributed by atoms with E-state index in [1.807, 2.05) is 37.3 Å². The molecule has 1 heterocycles. The van der Waals surface area contributed by atoms with Gasteiger partial charge in [0.2, 0.25) is 0 Å². The minimum atomic E-state index is -0.226. The number of aryl methyl sites for hydroxylation is 1. The predicted octanol–water partition coefficient (Wildman–Crippen LogP) is 2.18. The number of nitrogen functional groups attached to an aromatic ring is 1. The molecular formula is C13H15ClN4. The summed E-state index contributed by atoms with van der Waals surface area (Å²) < 4.78 is 0. The van der Waals surface area contributed by atoms with Crippen molar-refractivity contribution in [2.75, 3.05) is 5.73 Å². The molecule has 0 saturated heterocycles. The van der Waals surface area contributed by atoms with Crippen LogP contribution in [0.5, 0.6) is 0 Å². The first kappa shape index (κ1) is 12.8. The average Bonchev–Trinajstić information content (AvgIpc) is 2.35. The van der Waals surface area contributed by atoms with Crippen LogP contribution < -0.4 is 17.0 Å². The summed E-state index contributed by atoms with van der Waals surface area (Å²) in [4.78, 5) is 4.14. The summed E-state index contributed by atoms with van der Waals surface area (Å²) in [6.07, 6.45) is 1.73. The topological polar surface area (TPSA) is 77.0 Å². The molecule has 5 heteroatoms. The second-order valence-corrected chi connectivity index (χ2v) is 4.58. The minimum Gasteiger partial charge on any atom is -0.383 e.